The molecule has 2 aliphatic heterocycles. The molecule has 21 heavy (non-hydrogen) atoms. The molecule has 2 saturated heterocycles. The number of likely N-dealkylation sites (tertiary alicyclic amines) is 1. The van der Waals surface area contributed by atoms with Gasteiger partial charge in [-0.3, -0.25) is 4.79 Å². The quantitative estimate of drug-likeness (QED) is 0.839. The first-order chi connectivity index (χ1) is 10.1. The van der Waals surface area contributed by atoms with Crippen LogP contribution in [0.5, 0.6) is 0 Å². The van der Waals surface area contributed by atoms with Gasteiger partial charge in [0.05, 0.1) is 0 Å². The monoisotopic (exact) mass is 295 g/mol. The smallest absolute Gasteiger partial charge is 0.254 e. The van der Waals surface area contributed by atoms with Crippen LogP contribution in [0.1, 0.15) is 29.6 Å². The van der Waals surface area contributed by atoms with Gasteiger partial charge in [0.15, 0.2) is 0 Å². The van der Waals surface area contributed by atoms with Crippen molar-refractivity contribution in [2.45, 2.75) is 19.3 Å². The molecule has 2 fully saturated rings. The average Bonchev–Trinajstić information content (AvgIpc) is 2.96. The molecule has 1 unspecified atom stereocenters. The van der Waals surface area contributed by atoms with Crippen LogP contribution in [0.15, 0.2) is 18.2 Å². The highest BCUT2D eigenvalue weighted by Gasteiger charge is 2.33. The molecular weight excluding hydrogens is 276 g/mol. The van der Waals surface area contributed by atoms with Crippen LogP contribution in [0, 0.1) is 23.5 Å². The number of hydrogen-bond donors (Lipinski definition) is 0. The van der Waals surface area contributed by atoms with Gasteiger partial charge in [-0.05, 0) is 43.2 Å². The molecule has 1 amide bonds. The standard InChI is InChI=1S/C16H19F2NO2/c17-14-7-13(8-15(18)9-14)16(20)19-4-1-12(10-19)11-2-5-21-6-3-11/h7-9,11-12H,1-6,10H2. The van der Waals surface area contributed by atoms with Gasteiger partial charge in [0.25, 0.3) is 5.91 Å². The van der Waals surface area contributed by atoms with Gasteiger partial charge in [0, 0.05) is 37.9 Å². The van der Waals surface area contributed by atoms with Gasteiger partial charge in [0.1, 0.15) is 11.6 Å². The van der Waals surface area contributed by atoms with E-state index in [1.807, 2.05) is 0 Å². The van der Waals surface area contributed by atoms with Gasteiger partial charge in [-0.15, -0.1) is 0 Å². The van der Waals surface area contributed by atoms with Gasteiger partial charge in [0.2, 0.25) is 0 Å². The molecule has 5 heteroatoms. The third kappa shape index (κ3) is 3.23. The highest BCUT2D eigenvalue weighted by molar-refractivity contribution is 5.94. The van der Waals surface area contributed by atoms with Gasteiger partial charge in [-0.25, -0.2) is 8.78 Å². The van der Waals surface area contributed by atoms with Gasteiger partial charge >= 0.3 is 0 Å². The van der Waals surface area contributed by atoms with E-state index in [0.717, 1.165) is 50.7 Å². The summed E-state index contributed by atoms with van der Waals surface area (Å²) in [7, 11) is 0. The molecule has 0 radical (unpaired) electrons. The van der Waals surface area contributed by atoms with Crippen molar-refractivity contribution in [1.29, 1.82) is 0 Å². The molecule has 0 spiro atoms. The number of nitrogens with zero attached hydrogens (tertiary/aromatic N) is 1. The zero-order chi connectivity index (χ0) is 14.8. The summed E-state index contributed by atoms with van der Waals surface area (Å²) < 4.78 is 31.8. The number of amides is 1. The Hall–Kier alpha value is -1.49. The highest BCUT2D eigenvalue weighted by atomic mass is 19.1. The van der Waals surface area contributed by atoms with Crippen LogP contribution < -0.4 is 0 Å². The van der Waals surface area contributed by atoms with Crippen molar-refractivity contribution in [3.8, 4) is 0 Å². The summed E-state index contributed by atoms with van der Waals surface area (Å²) in [4.78, 5) is 14.1. The summed E-state index contributed by atoms with van der Waals surface area (Å²) in [6.45, 7) is 2.94. The number of halogens is 2. The molecule has 0 bridgehead atoms. The van der Waals surface area contributed by atoms with Crippen molar-refractivity contribution in [2.24, 2.45) is 11.8 Å². The summed E-state index contributed by atoms with van der Waals surface area (Å²) in [5.74, 6) is -0.614. The second kappa shape index (κ2) is 6.10. The van der Waals surface area contributed by atoms with Crippen LogP contribution in [0.25, 0.3) is 0 Å². The molecule has 1 atom stereocenters. The molecule has 2 heterocycles. The average molecular weight is 295 g/mol. The molecule has 0 saturated carbocycles. The maximum Gasteiger partial charge on any atom is 0.254 e. The van der Waals surface area contributed by atoms with Gasteiger partial charge in [-0.2, -0.15) is 0 Å². The molecule has 0 aromatic heterocycles. The van der Waals surface area contributed by atoms with Crippen molar-refractivity contribution in [2.75, 3.05) is 26.3 Å². The highest BCUT2D eigenvalue weighted by Crippen LogP contribution is 2.31. The Balaban J connectivity index is 1.66. The van der Waals surface area contributed by atoms with Crippen molar-refractivity contribution in [1.82, 2.24) is 4.90 Å². The number of benzene rings is 1. The molecular formula is C16H19F2NO2. The number of carbonyl (C=O) groups is 1. The summed E-state index contributed by atoms with van der Waals surface area (Å²) in [5.41, 5.74) is 0.0973. The van der Waals surface area contributed by atoms with Crippen LogP contribution in [-0.4, -0.2) is 37.1 Å². The molecule has 3 nitrogen and oxygen atoms in total. The Morgan fingerprint density at radius 1 is 1.05 bits per heavy atom. The number of hydrogen-bond acceptors (Lipinski definition) is 2. The Morgan fingerprint density at radius 3 is 2.38 bits per heavy atom. The van der Waals surface area contributed by atoms with E-state index in [9.17, 15) is 13.6 Å². The SMILES string of the molecule is O=C(c1cc(F)cc(F)c1)N1CCC(C2CCOCC2)C1. The first kappa shape index (κ1) is 14.4. The Kier molecular flexibility index (Phi) is 4.19. The van der Waals surface area contributed by atoms with Gasteiger partial charge in [-0.1, -0.05) is 0 Å². The van der Waals surface area contributed by atoms with Crippen LogP contribution in [0.4, 0.5) is 8.78 Å². The Morgan fingerprint density at radius 2 is 1.71 bits per heavy atom. The lowest BCUT2D eigenvalue weighted by Crippen LogP contribution is -2.31. The van der Waals surface area contributed by atoms with Gasteiger partial charge < -0.3 is 9.64 Å². The maximum absolute atomic E-state index is 13.2. The molecule has 1 aromatic carbocycles. The second-order valence-electron chi connectivity index (χ2n) is 5.91. The molecule has 3 rings (SSSR count). The molecule has 2 aliphatic rings. The number of ether oxygens (including phenoxy) is 1. The summed E-state index contributed by atoms with van der Waals surface area (Å²) in [5, 5.41) is 0. The Labute approximate surface area is 122 Å². The van der Waals surface area contributed by atoms with Crippen LogP contribution in [-0.2, 0) is 4.74 Å². The fourth-order valence-corrected chi connectivity index (χ4v) is 3.40. The summed E-state index contributed by atoms with van der Waals surface area (Å²) in [6, 6.07) is 2.99. The minimum absolute atomic E-state index is 0.0973. The number of rotatable bonds is 2. The number of carbonyl (C=O) groups excluding carboxylic acids is 1. The minimum Gasteiger partial charge on any atom is -0.381 e. The lowest BCUT2D eigenvalue weighted by Gasteiger charge is -2.27. The largest absolute Gasteiger partial charge is 0.381 e. The van der Waals surface area contributed by atoms with E-state index in [-0.39, 0.29) is 11.5 Å². The fourth-order valence-electron chi connectivity index (χ4n) is 3.40. The summed E-state index contributed by atoms with van der Waals surface area (Å²) in [6.07, 6.45) is 3.05. The topological polar surface area (TPSA) is 29.5 Å². The lowest BCUT2D eigenvalue weighted by molar-refractivity contribution is 0.0471. The molecule has 0 N–H and O–H groups in total. The van der Waals surface area contributed by atoms with E-state index in [0.29, 0.717) is 24.9 Å². The van der Waals surface area contributed by atoms with E-state index >= 15 is 0 Å². The fraction of sp³-hybridized carbons (Fsp3) is 0.562. The first-order valence-electron chi connectivity index (χ1n) is 7.46. The van der Waals surface area contributed by atoms with E-state index < -0.39 is 11.6 Å². The second-order valence-corrected chi connectivity index (χ2v) is 5.91. The molecule has 0 aliphatic carbocycles. The predicted molar refractivity (Wildman–Crippen MR) is 73.9 cm³/mol. The molecule has 1 aromatic rings. The predicted octanol–water partition coefficient (Wildman–Crippen LogP) is 2.85. The van der Waals surface area contributed by atoms with Crippen molar-refractivity contribution in [3.63, 3.8) is 0 Å². The van der Waals surface area contributed by atoms with E-state index in [1.54, 1.807) is 4.90 Å². The van der Waals surface area contributed by atoms with Crippen LogP contribution >= 0.6 is 0 Å². The first-order valence-corrected chi connectivity index (χ1v) is 7.46. The third-order valence-corrected chi connectivity index (χ3v) is 4.55. The van der Waals surface area contributed by atoms with Crippen LogP contribution in [0.2, 0.25) is 0 Å². The minimum atomic E-state index is -0.710. The Bertz CT molecular complexity index is 509. The normalized spacial score (nSPS) is 23.5. The van der Waals surface area contributed by atoms with Crippen LogP contribution in [0.3, 0.4) is 0 Å². The van der Waals surface area contributed by atoms with E-state index in [4.69, 9.17) is 4.74 Å². The molecule has 114 valence electrons. The zero-order valence-electron chi connectivity index (χ0n) is 11.9. The van der Waals surface area contributed by atoms with E-state index in [1.165, 1.54) is 0 Å². The zero-order valence-corrected chi connectivity index (χ0v) is 11.9. The summed E-state index contributed by atoms with van der Waals surface area (Å²) >= 11 is 0. The third-order valence-electron chi connectivity index (χ3n) is 4.55. The van der Waals surface area contributed by atoms with Crippen molar-refractivity contribution in [3.05, 3.63) is 35.4 Å². The lowest BCUT2D eigenvalue weighted by atomic mass is 9.85. The van der Waals surface area contributed by atoms with E-state index in [2.05, 4.69) is 0 Å². The van der Waals surface area contributed by atoms with Crippen molar-refractivity contribution >= 4 is 5.91 Å². The van der Waals surface area contributed by atoms with Crippen molar-refractivity contribution < 1.29 is 18.3 Å². The maximum atomic E-state index is 13.2.